The first kappa shape index (κ1) is 8.12. The molecule has 1 aliphatic carbocycles. The van der Waals surface area contributed by atoms with Gasteiger partial charge in [-0.1, -0.05) is 0 Å². The average Bonchev–Trinajstić information content (AvgIpc) is 2.67. The second kappa shape index (κ2) is 4.02. The lowest BCUT2D eigenvalue weighted by molar-refractivity contribution is -0.118. The van der Waals surface area contributed by atoms with Gasteiger partial charge in [-0.3, -0.25) is 4.79 Å². The van der Waals surface area contributed by atoms with E-state index in [-0.39, 0.29) is 0 Å². The summed E-state index contributed by atoms with van der Waals surface area (Å²) in [5, 5.41) is 0. The van der Waals surface area contributed by atoms with E-state index in [2.05, 4.69) is 0 Å². The Hall–Kier alpha value is 0.0200. The standard InChI is InChI=1S/C8H14OS/c1-10-5-4-8(9)6-7-2-3-7/h7H,2-6H2,1H3. The van der Waals surface area contributed by atoms with E-state index in [1.165, 1.54) is 12.8 Å². The number of carbonyl (C=O) groups is 1. The third kappa shape index (κ3) is 3.25. The van der Waals surface area contributed by atoms with Gasteiger partial charge in [0.15, 0.2) is 0 Å². The van der Waals surface area contributed by atoms with E-state index < -0.39 is 0 Å². The molecule has 0 radical (unpaired) electrons. The van der Waals surface area contributed by atoms with E-state index in [9.17, 15) is 4.79 Å². The van der Waals surface area contributed by atoms with Crippen molar-refractivity contribution >= 4 is 17.5 Å². The van der Waals surface area contributed by atoms with E-state index in [1.54, 1.807) is 11.8 Å². The number of carbonyl (C=O) groups excluding carboxylic acids is 1. The highest BCUT2D eigenvalue weighted by Crippen LogP contribution is 2.32. The van der Waals surface area contributed by atoms with Crippen molar-refractivity contribution in [2.45, 2.75) is 25.7 Å². The summed E-state index contributed by atoms with van der Waals surface area (Å²) in [6, 6.07) is 0. The predicted octanol–water partition coefficient (Wildman–Crippen LogP) is 2.11. The SMILES string of the molecule is CSCCC(=O)CC1CC1. The Labute approximate surface area is 66.6 Å². The van der Waals surface area contributed by atoms with Crippen LogP contribution in [0.3, 0.4) is 0 Å². The molecule has 0 bridgehead atoms. The monoisotopic (exact) mass is 158 g/mol. The van der Waals surface area contributed by atoms with Gasteiger partial charge in [-0.25, -0.2) is 0 Å². The molecular formula is C8H14OS. The first-order chi connectivity index (χ1) is 4.83. The average molecular weight is 158 g/mol. The zero-order chi connectivity index (χ0) is 7.40. The minimum absolute atomic E-state index is 0.469. The normalized spacial score (nSPS) is 17.3. The van der Waals surface area contributed by atoms with E-state index in [0.29, 0.717) is 5.78 Å². The van der Waals surface area contributed by atoms with E-state index in [0.717, 1.165) is 24.5 Å². The predicted molar refractivity (Wildman–Crippen MR) is 45.3 cm³/mol. The number of hydrogen-bond donors (Lipinski definition) is 0. The van der Waals surface area contributed by atoms with Crippen molar-refractivity contribution < 1.29 is 4.79 Å². The van der Waals surface area contributed by atoms with E-state index in [4.69, 9.17) is 0 Å². The lowest BCUT2D eigenvalue weighted by atomic mass is 10.2. The summed E-state index contributed by atoms with van der Waals surface area (Å²) in [7, 11) is 0. The summed E-state index contributed by atoms with van der Waals surface area (Å²) in [6.45, 7) is 0. The van der Waals surface area contributed by atoms with Crippen LogP contribution in [-0.2, 0) is 4.79 Å². The molecule has 1 saturated carbocycles. The largest absolute Gasteiger partial charge is 0.300 e. The molecule has 1 nitrogen and oxygen atoms in total. The third-order valence-electron chi connectivity index (χ3n) is 1.80. The fourth-order valence-corrected chi connectivity index (χ4v) is 1.39. The van der Waals surface area contributed by atoms with Gasteiger partial charge in [0.05, 0.1) is 0 Å². The zero-order valence-corrected chi connectivity index (χ0v) is 7.25. The molecule has 0 aromatic rings. The van der Waals surface area contributed by atoms with Gasteiger partial charge in [-0.05, 0) is 30.8 Å². The zero-order valence-electron chi connectivity index (χ0n) is 6.43. The number of thioether (sulfide) groups is 1. The van der Waals surface area contributed by atoms with Gasteiger partial charge < -0.3 is 0 Å². The minimum atomic E-state index is 0.469. The van der Waals surface area contributed by atoms with Crippen molar-refractivity contribution in [3.63, 3.8) is 0 Å². The summed E-state index contributed by atoms with van der Waals surface area (Å²) in [5.41, 5.74) is 0. The molecule has 58 valence electrons. The molecule has 0 saturated heterocycles. The summed E-state index contributed by atoms with van der Waals surface area (Å²) < 4.78 is 0. The van der Waals surface area contributed by atoms with Crippen LogP contribution in [0.15, 0.2) is 0 Å². The Morgan fingerprint density at radius 3 is 2.80 bits per heavy atom. The van der Waals surface area contributed by atoms with Crippen LogP contribution in [0.4, 0.5) is 0 Å². The van der Waals surface area contributed by atoms with Gasteiger partial charge in [0.1, 0.15) is 5.78 Å². The summed E-state index contributed by atoms with van der Waals surface area (Å²) in [5.74, 6) is 2.25. The molecule has 1 fully saturated rings. The van der Waals surface area contributed by atoms with Gasteiger partial charge in [0.2, 0.25) is 0 Å². The summed E-state index contributed by atoms with van der Waals surface area (Å²) in [4.78, 5) is 11.0. The van der Waals surface area contributed by atoms with Crippen molar-refractivity contribution in [1.29, 1.82) is 0 Å². The van der Waals surface area contributed by atoms with Gasteiger partial charge in [0.25, 0.3) is 0 Å². The fraction of sp³-hybridized carbons (Fsp3) is 0.875. The molecule has 0 spiro atoms. The molecule has 0 N–H and O–H groups in total. The first-order valence-corrected chi connectivity index (χ1v) is 5.23. The number of rotatable bonds is 5. The van der Waals surface area contributed by atoms with Crippen molar-refractivity contribution in [2.24, 2.45) is 5.92 Å². The maximum Gasteiger partial charge on any atom is 0.134 e. The highest BCUT2D eigenvalue weighted by molar-refractivity contribution is 7.98. The van der Waals surface area contributed by atoms with Crippen LogP contribution >= 0.6 is 11.8 Å². The van der Waals surface area contributed by atoms with Gasteiger partial charge in [-0.2, -0.15) is 11.8 Å². The van der Waals surface area contributed by atoms with Crippen LogP contribution in [0.1, 0.15) is 25.7 Å². The molecule has 1 aliphatic rings. The molecule has 0 aromatic heterocycles. The second-order valence-corrected chi connectivity index (χ2v) is 3.91. The molecule has 1 rings (SSSR count). The Bertz CT molecular complexity index is 118. The third-order valence-corrected chi connectivity index (χ3v) is 2.41. The van der Waals surface area contributed by atoms with Crippen molar-refractivity contribution in [3.05, 3.63) is 0 Å². The Morgan fingerprint density at radius 1 is 1.60 bits per heavy atom. The highest BCUT2D eigenvalue weighted by Gasteiger charge is 2.23. The number of Topliss-reactive ketones (excluding diaryl/α,β-unsaturated/α-hetero) is 1. The van der Waals surface area contributed by atoms with E-state index in [1.807, 2.05) is 6.26 Å². The highest BCUT2D eigenvalue weighted by atomic mass is 32.2. The minimum Gasteiger partial charge on any atom is -0.300 e. The van der Waals surface area contributed by atoms with Crippen molar-refractivity contribution in [2.75, 3.05) is 12.0 Å². The maximum atomic E-state index is 11.0. The van der Waals surface area contributed by atoms with Crippen LogP contribution in [0.5, 0.6) is 0 Å². The van der Waals surface area contributed by atoms with Crippen LogP contribution in [-0.4, -0.2) is 17.8 Å². The topological polar surface area (TPSA) is 17.1 Å². The van der Waals surface area contributed by atoms with Crippen LogP contribution in [0.2, 0.25) is 0 Å². The molecule has 2 heteroatoms. The quantitative estimate of drug-likeness (QED) is 0.609. The van der Waals surface area contributed by atoms with Crippen molar-refractivity contribution in [3.8, 4) is 0 Å². The second-order valence-electron chi connectivity index (χ2n) is 2.93. The van der Waals surface area contributed by atoms with Crippen LogP contribution in [0, 0.1) is 5.92 Å². The lowest BCUT2D eigenvalue weighted by Gasteiger charge is -1.95. The molecule has 0 aromatic carbocycles. The fourth-order valence-electron chi connectivity index (χ4n) is 0.962. The molecule has 0 amide bonds. The Balaban J connectivity index is 1.97. The van der Waals surface area contributed by atoms with Gasteiger partial charge >= 0.3 is 0 Å². The number of ketones is 1. The number of hydrogen-bond acceptors (Lipinski definition) is 2. The smallest absolute Gasteiger partial charge is 0.134 e. The summed E-state index contributed by atoms with van der Waals surface area (Å²) in [6.07, 6.45) is 6.29. The maximum absolute atomic E-state index is 11.0. The first-order valence-electron chi connectivity index (χ1n) is 3.83. The van der Waals surface area contributed by atoms with Crippen LogP contribution < -0.4 is 0 Å². The van der Waals surface area contributed by atoms with Gasteiger partial charge in [0, 0.05) is 12.8 Å². The lowest BCUT2D eigenvalue weighted by Crippen LogP contribution is -1.99. The Morgan fingerprint density at radius 2 is 2.30 bits per heavy atom. The molecule has 0 unspecified atom stereocenters. The molecule has 0 atom stereocenters. The van der Waals surface area contributed by atoms with Crippen molar-refractivity contribution in [1.82, 2.24) is 0 Å². The van der Waals surface area contributed by atoms with Crippen LogP contribution in [0.25, 0.3) is 0 Å². The Kier molecular flexibility index (Phi) is 3.26. The van der Waals surface area contributed by atoms with Gasteiger partial charge in [-0.15, -0.1) is 0 Å². The molecule has 0 aliphatic heterocycles. The molecular weight excluding hydrogens is 144 g/mol. The molecule has 10 heavy (non-hydrogen) atoms. The van der Waals surface area contributed by atoms with E-state index >= 15 is 0 Å². The summed E-state index contributed by atoms with van der Waals surface area (Å²) >= 11 is 1.76. The molecule has 0 heterocycles.